The number of oxazole rings is 1. The van der Waals surface area contributed by atoms with Crippen molar-refractivity contribution in [3.63, 3.8) is 0 Å². The van der Waals surface area contributed by atoms with Crippen molar-refractivity contribution in [1.82, 2.24) is 15.4 Å². The molecule has 41 heavy (non-hydrogen) atoms. The third kappa shape index (κ3) is 5.96. The third-order valence-corrected chi connectivity index (χ3v) is 11.3. The van der Waals surface area contributed by atoms with E-state index in [1.54, 1.807) is 35.9 Å². The van der Waals surface area contributed by atoms with Gasteiger partial charge in [0.1, 0.15) is 10.9 Å². The van der Waals surface area contributed by atoms with Crippen molar-refractivity contribution in [3.05, 3.63) is 89.8 Å². The van der Waals surface area contributed by atoms with E-state index in [2.05, 4.69) is 4.98 Å². The number of thiophene rings is 1. The summed E-state index contributed by atoms with van der Waals surface area (Å²) in [4.78, 5) is 32.1. The third-order valence-electron chi connectivity index (χ3n) is 7.39. The standard InChI is InChI=1S/C29H29N3O7S2/c33-23(16-20-4-2-1-3-5-20)28(35)32-13-12-29(17-27(34)31-36,41(37,38)15-14-32)26-11-10-25(40-26)22-8-6-21(7-9-22)24-18-30-19-39-24/h1-11,18-19,23,33,36H,12-17H2,(H,31,34)/t23-,29?/m0/s1. The summed E-state index contributed by atoms with van der Waals surface area (Å²) in [5.74, 6) is -1.18. The molecule has 0 aliphatic carbocycles. The lowest BCUT2D eigenvalue weighted by Gasteiger charge is -2.30. The van der Waals surface area contributed by atoms with Crippen molar-refractivity contribution in [2.24, 2.45) is 0 Å². The van der Waals surface area contributed by atoms with E-state index in [9.17, 15) is 28.3 Å². The normalized spacial score (nSPS) is 19.3. The molecule has 2 atom stereocenters. The van der Waals surface area contributed by atoms with Crippen LogP contribution in [-0.2, 0) is 30.6 Å². The van der Waals surface area contributed by atoms with Crippen molar-refractivity contribution in [1.29, 1.82) is 0 Å². The van der Waals surface area contributed by atoms with E-state index < -0.39 is 44.7 Å². The van der Waals surface area contributed by atoms with Gasteiger partial charge in [-0.1, -0.05) is 54.6 Å². The lowest BCUT2D eigenvalue weighted by atomic mass is 9.97. The van der Waals surface area contributed by atoms with Crippen LogP contribution in [0.2, 0.25) is 0 Å². The van der Waals surface area contributed by atoms with Crippen molar-refractivity contribution < 1.29 is 32.7 Å². The molecule has 2 aromatic carbocycles. The molecule has 1 saturated heterocycles. The van der Waals surface area contributed by atoms with Crippen LogP contribution in [-0.4, -0.2) is 65.4 Å². The fourth-order valence-corrected chi connectivity index (χ4v) is 8.73. The van der Waals surface area contributed by atoms with Gasteiger partial charge in [-0.25, -0.2) is 18.9 Å². The van der Waals surface area contributed by atoms with Crippen LogP contribution in [0.4, 0.5) is 0 Å². The van der Waals surface area contributed by atoms with E-state index in [1.807, 2.05) is 42.5 Å². The molecule has 5 rings (SSSR count). The maximum absolute atomic E-state index is 13.9. The molecule has 3 heterocycles. The number of hydrogen-bond donors (Lipinski definition) is 3. The number of carbonyl (C=O) groups is 2. The molecule has 1 aliphatic rings. The number of hydroxylamine groups is 1. The zero-order chi connectivity index (χ0) is 29.0. The van der Waals surface area contributed by atoms with Gasteiger partial charge >= 0.3 is 0 Å². The molecule has 12 heteroatoms. The molecule has 2 aromatic heterocycles. The van der Waals surface area contributed by atoms with Crippen LogP contribution >= 0.6 is 11.3 Å². The second kappa shape index (κ2) is 12.0. The number of hydrogen-bond acceptors (Lipinski definition) is 9. The highest BCUT2D eigenvalue weighted by Crippen LogP contribution is 2.45. The van der Waals surface area contributed by atoms with E-state index in [1.165, 1.54) is 22.6 Å². The van der Waals surface area contributed by atoms with Gasteiger partial charge in [-0.3, -0.25) is 14.8 Å². The molecule has 0 spiro atoms. The highest BCUT2D eigenvalue weighted by Gasteiger charge is 2.50. The predicted molar refractivity (Wildman–Crippen MR) is 153 cm³/mol. The van der Waals surface area contributed by atoms with Gasteiger partial charge in [0.25, 0.3) is 5.91 Å². The van der Waals surface area contributed by atoms with Gasteiger partial charge < -0.3 is 14.4 Å². The van der Waals surface area contributed by atoms with E-state index in [-0.39, 0.29) is 25.9 Å². The minimum absolute atomic E-state index is 0.0156. The molecule has 3 N–H and O–H groups in total. The largest absolute Gasteiger partial charge is 0.444 e. The second-order valence-electron chi connectivity index (χ2n) is 9.91. The minimum atomic E-state index is -3.99. The lowest BCUT2D eigenvalue weighted by Crippen LogP contribution is -2.42. The zero-order valence-electron chi connectivity index (χ0n) is 22.0. The number of benzene rings is 2. The monoisotopic (exact) mass is 595 g/mol. The van der Waals surface area contributed by atoms with Crippen LogP contribution in [0, 0.1) is 0 Å². The molecule has 10 nitrogen and oxygen atoms in total. The SMILES string of the molecule is O=C(CC1(c2ccc(-c3ccc(-c4cnco4)cc3)s2)CCN(C(=O)[C@@H](O)Cc2ccccc2)CCS1(=O)=O)NO. The van der Waals surface area contributed by atoms with E-state index in [4.69, 9.17) is 4.42 Å². The highest BCUT2D eigenvalue weighted by atomic mass is 32.2. The predicted octanol–water partition coefficient (Wildman–Crippen LogP) is 3.41. The first-order valence-electron chi connectivity index (χ1n) is 13.0. The Morgan fingerprint density at radius 2 is 1.78 bits per heavy atom. The Morgan fingerprint density at radius 3 is 2.46 bits per heavy atom. The Labute approximate surface area is 241 Å². The first kappa shape index (κ1) is 28.7. The number of amides is 2. The molecule has 2 amide bonds. The van der Waals surface area contributed by atoms with Crippen molar-refractivity contribution in [2.45, 2.75) is 30.1 Å². The number of nitrogens with one attached hydrogen (secondary N) is 1. The summed E-state index contributed by atoms with van der Waals surface area (Å²) in [7, 11) is -3.99. The number of nitrogens with zero attached hydrogens (tertiary/aromatic N) is 2. The number of aliphatic hydroxyl groups is 1. The second-order valence-corrected chi connectivity index (χ2v) is 13.4. The molecule has 1 aliphatic heterocycles. The molecular formula is C29H29N3O7S2. The van der Waals surface area contributed by atoms with Crippen molar-refractivity contribution in [2.75, 3.05) is 18.8 Å². The molecule has 1 fully saturated rings. The van der Waals surface area contributed by atoms with Crippen LogP contribution in [0.25, 0.3) is 21.8 Å². The van der Waals surface area contributed by atoms with Crippen molar-refractivity contribution in [3.8, 4) is 21.8 Å². The highest BCUT2D eigenvalue weighted by molar-refractivity contribution is 7.92. The topological polar surface area (TPSA) is 150 Å². The fourth-order valence-electron chi connectivity index (χ4n) is 5.12. The summed E-state index contributed by atoms with van der Waals surface area (Å²) in [6.07, 6.45) is 1.15. The Bertz CT molecular complexity index is 1600. The number of aliphatic hydroxyl groups excluding tert-OH is 1. The summed E-state index contributed by atoms with van der Waals surface area (Å²) in [5, 5.41) is 19.9. The Hall–Kier alpha value is -3.84. The van der Waals surface area contributed by atoms with Gasteiger partial charge in [-0.15, -0.1) is 11.3 Å². The summed E-state index contributed by atoms with van der Waals surface area (Å²) in [6, 6.07) is 20.1. The Kier molecular flexibility index (Phi) is 8.36. The van der Waals surface area contributed by atoms with E-state index >= 15 is 0 Å². The Morgan fingerprint density at radius 1 is 1.05 bits per heavy atom. The summed E-state index contributed by atoms with van der Waals surface area (Å²) >= 11 is 1.25. The lowest BCUT2D eigenvalue weighted by molar-refractivity contribution is -0.139. The first-order valence-corrected chi connectivity index (χ1v) is 15.4. The van der Waals surface area contributed by atoms with Crippen molar-refractivity contribution >= 4 is 33.0 Å². The minimum Gasteiger partial charge on any atom is -0.444 e. The number of sulfone groups is 1. The summed E-state index contributed by atoms with van der Waals surface area (Å²) in [5.41, 5.74) is 4.03. The molecule has 0 saturated carbocycles. The molecule has 214 valence electrons. The van der Waals surface area contributed by atoms with Crippen LogP contribution < -0.4 is 5.48 Å². The number of aromatic nitrogens is 1. The van der Waals surface area contributed by atoms with E-state index in [0.717, 1.165) is 21.6 Å². The van der Waals surface area contributed by atoms with Crippen LogP contribution in [0.1, 0.15) is 23.3 Å². The van der Waals surface area contributed by atoms with Gasteiger partial charge in [0.2, 0.25) is 5.91 Å². The van der Waals surface area contributed by atoms with Gasteiger partial charge in [-0.2, -0.15) is 0 Å². The van der Waals surface area contributed by atoms with Gasteiger partial charge in [0, 0.05) is 34.8 Å². The average molecular weight is 596 g/mol. The fraction of sp³-hybridized carbons (Fsp3) is 0.276. The molecule has 0 bridgehead atoms. The quantitative estimate of drug-likeness (QED) is 0.207. The summed E-state index contributed by atoms with van der Waals surface area (Å²) in [6.45, 7) is -0.0986. The average Bonchev–Trinajstić information content (AvgIpc) is 3.68. The maximum Gasteiger partial charge on any atom is 0.251 e. The molecule has 1 unspecified atom stereocenters. The van der Waals surface area contributed by atoms with Crippen LogP contribution in [0.3, 0.4) is 0 Å². The molecule has 0 radical (unpaired) electrons. The molecular weight excluding hydrogens is 566 g/mol. The number of rotatable bonds is 8. The van der Waals surface area contributed by atoms with Gasteiger partial charge in [0.05, 0.1) is 18.4 Å². The maximum atomic E-state index is 13.9. The van der Waals surface area contributed by atoms with Crippen LogP contribution in [0.15, 0.2) is 83.7 Å². The van der Waals surface area contributed by atoms with Gasteiger partial charge in [-0.05, 0) is 29.7 Å². The Balaban J connectivity index is 1.42. The smallest absolute Gasteiger partial charge is 0.251 e. The van der Waals surface area contributed by atoms with E-state index in [0.29, 0.717) is 10.6 Å². The summed E-state index contributed by atoms with van der Waals surface area (Å²) < 4.78 is 31.4. The zero-order valence-corrected chi connectivity index (χ0v) is 23.6. The van der Waals surface area contributed by atoms with Gasteiger partial charge in [0.15, 0.2) is 22.0 Å². The van der Waals surface area contributed by atoms with Crippen LogP contribution in [0.5, 0.6) is 0 Å². The molecule has 4 aromatic rings. The first-order chi connectivity index (χ1) is 19.7. The number of carbonyl (C=O) groups excluding carboxylic acids is 2.